The monoisotopic (exact) mass is 410 g/mol. The summed E-state index contributed by atoms with van der Waals surface area (Å²) >= 11 is 0. The average molecular weight is 411 g/mol. The molecule has 1 aromatic carbocycles. The number of nitrogens with zero attached hydrogens (tertiary/aromatic N) is 4. The second kappa shape index (κ2) is 9.00. The Hall–Kier alpha value is -2.67. The van der Waals surface area contributed by atoms with Crippen molar-refractivity contribution in [1.29, 1.82) is 0 Å². The molecule has 2 aliphatic rings. The maximum atomic E-state index is 14.2. The molecule has 160 valence electrons. The number of aliphatic imine (C=N–C) groups is 1. The molecule has 2 aromatic rings. The summed E-state index contributed by atoms with van der Waals surface area (Å²) in [4.78, 5) is 13.6. The summed E-state index contributed by atoms with van der Waals surface area (Å²) in [5, 5.41) is 6.77. The van der Waals surface area contributed by atoms with Crippen LogP contribution in [0, 0.1) is 5.82 Å². The Morgan fingerprint density at radius 2 is 1.90 bits per heavy atom. The fraction of sp³-hybridized carbons (Fsp3) is 0.478. The third kappa shape index (κ3) is 4.73. The number of rotatable bonds is 6. The van der Waals surface area contributed by atoms with Crippen LogP contribution >= 0.6 is 0 Å². The van der Waals surface area contributed by atoms with Gasteiger partial charge in [-0.25, -0.2) is 9.37 Å². The third-order valence-electron chi connectivity index (χ3n) is 6.21. The van der Waals surface area contributed by atoms with Gasteiger partial charge in [-0.05, 0) is 49.2 Å². The van der Waals surface area contributed by atoms with Crippen LogP contribution < -0.4 is 15.5 Å². The molecule has 0 unspecified atom stereocenters. The van der Waals surface area contributed by atoms with Crippen LogP contribution in [0.2, 0.25) is 0 Å². The lowest BCUT2D eigenvalue weighted by Gasteiger charge is -2.33. The minimum atomic E-state index is -0.118. The van der Waals surface area contributed by atoms with E-state index in [4.69, 9.17) is 0 Å². The summed E-state index contributed by atoms with van der Waals surface area (Å²) in [6, 6.07) is 11.3. The average Bonchev–Trinajstić information content (AvgIpc) is 3.56. The highest BCUT2D eigenvalue weighted by molar-refractivity contribution is 5.79. The summed E-state index contributed by atoms with van der Waals surface area (Å²) in [6.45, 7) is 5.46. The van der Waals surface area contributed by atoms with Crippen LogP contribution in [0.15, 0.2) is 47.6 Å². The lowest BCUT2D eigenvalue weighted by molar-refractivity contribution is 0.312. The van der Waals surface area contributed by atoms with E-state index in [2.05, 4.69) is 43.5 Å². The number of guanidine groups is 1. The molecule has 0 spiro atoms. The molecule has 7 heteroatoms. The van der Waals surface area contributed by atoms with Gasteiger partial charge in [0.2, 0.25) is 0 Å². The first-order valence-electron chi connectivity index (χ1n) is 10.7. The van der Waals surface area contributed by atoms with E-state index < -0.39 is 0 Å². The topological polar surface area (TPSA) is 55.8 Å². The molecule has 1 aromatic heterocycles. The van der Waals surface area contributed by atoms with Crippen molar-refractivity contribution in [3.63, 3.8) is 0 Å². The van der Waals surface area contributed by atoms with Crippen molar-refractivity contribution >= 4 is 11.8 Å². The van der Waals surface area contributed by atoms with Crippen LogP contribution in [0.5, 0.6) is 0 Å². The molecule has 0 amide bonds. The maximum Gasteiger partial charge on any atom is 0.191 e. The van der Waals surface area contributed by atoms with Crippen LogP contribution in [0.3, 0.4) is 0 Å². The molecular weight excluding hydrogens is 379 g/mol. The zero-order valence-electron chi connectivity index (χ0n) is 17.9. The number of pyridine rings is 1. The van der Waals surface area contributed by atoms with Crippen LogP contribution in [-0.2, 0) is 12.0 Å². The largest absolute Gasteiger partial charge is 0.356 e. The Morgan fingerprint density at radius 3 is 2.60 bits per heavy atom. The molecular formula is C23H31FN6. The molecule has 6 nitrogen and oxygen atoms in total. The van der Waals surface area contributed by atoms with Crippen molar-refractivity contribution in [1.82, 2.24) is 20.5 Å². The highest BCUT2D eigenvalue weighted by atomic mass is 19.1. The van der Waals surface area contributed by atoms with Crippen molar-refractivity contribution < 1.29 is 4.39 Å². The summed E-state index contributed by atoms with van der Waals surface area (Å²) in [6.07, 6.45) is 3.87. The highest BCUT2D eigenvalue weighted by Crippen LogP contribution is 2.48. The van der Waals surface area contributed by atoms with Crippen molar-refractivity contribution in [2.24, 2.45) is 4.99 Å². The Bertz CT molecular complexity index is 887. The van der Waals surface area contributed by atoms with Gasteiger partial charge in [0.25, 0.3) is 0 Å². The van der Waals surface area contributed by atoms with E-state index in [1.54, 1.807) is 19.2 Å². The van der Waals surface area contributed by atoms with Gasteiger partial charge in [0.05, 0.1) is 0 Å². The number of likely N-dealkylation sites (N-methyl/N-ethyl adjacent to an activating group) is 1. The third-order valence-corrected chi connectivity index (χ3v) is 6.21. The van der Waals surface area contributed by atoms with E-state index in [9.17, 15) is 4.39 Å². The smallest absolute Gasteiger partial charge is 0.191 e. The molecule has 2 heterocycles. The lowest BCUT2D eigenvalue weighted by atomic mass is 9.95. The summed E-state index contributed by atoms with van der Waals surface area (Å²) in [7, 11) is 3.92. The normalized spacial score (nSPS) is 18.9. The lowest BCUT2D eigenvalue weighted by Crippen LogP contribution is -2.44. The first kappa shape index (κ1) is 20.6. The Morgan fingerprint density at radius 1 is 1.13 bits per heavy atom. The molecule has 1 saturated carbocycles. The highest BCUT2D eigenvalue weighted by Gasteiger charge is 2.45. The molecule has 0 radical (unpaired) electrons. The first-order valence-corrected chi connectivity index (χ1v) is 10.7. The molecule has 0 bridgehead atoms. The summed E-state index contributed by atoms with van der Waals surface area (Å²) in [5.41, 5.74) is 1.85. The van der Waals surface area contributed by atoms with Gasteiger partial charge >= 0.3 is 0 Å². The van der Waals surface area contributed by atoms with Crippen LogP contribution in [0.1, 0.15) is 24.0 Å². The molecule has 2 fully saturated rings. The molecule has 30 heavy (non-hydrogen) atoms. The second-order valence-electron chi connectivity index (χ2n) is 8.35. The number of piperazine rings is 1. The minimum absolute atomic E-state index is 0.117. The predicted octanol–water partition coefficient (Wildman–Crippen LogP) is 2.37. The molecule has 1 saturated heterocycles. The number of halogens is 1. The van der Waals surface area contributed by atoms with E-state index in [0.29, 0.717) is 13.1 Å². The molecule has 4 rings (SSSR count). The van der Waals surface area contributed by atoms with Crippen molar-refractivity contribution in [3.8, 4) is 0 Å². The quantitative estimate of drug-likeness (QED) is 0.566. The zero-order valence-corrected chi connectivity index (χ0v) is 17.9. The van der Waals surface area contributed by atoms with Crippen LogP contribution in [-0.4, -0.2) is 62.7 Å². The molecule has 0 atom stereocenters. The molecule has 2 N–H and O–H groups in total. The fourth-order valence-corrected chi connectivity index (χ4v) is 4.02. The van der Waals surface area contributed by atoms with Crippen molar-refractivity contribution in [2.75, 3.05) is 51.7 Å². The number of hydrogen-bond acceptors (Lipinski definition) is 4. The van der Waals surface area contributed by atoms with Gasteiger partial charge < -0.3 is 20.4 Å². The number of aromatic nitrogens is 1. The van der Waals surface area contributed by atoms with E-state index in [1.165, 1.54) is 0 Å². The second-order valence-corrected chi connectivity index (χ2v) is 8.35. The summed E-state index contributed by atoms with van der Waals surface area (Å²) in [5.74, 6) is 1.64. The van der Waals surface area contributed by atoms with Crippen molar-refractivity contribution in [3.05, 3.63) is 59.5 Å². The van der Waals surface area contributed by atoms with E-state index in [1.807, 2.05) is 24.4 Å². The summed E-state index contributed by atoms with van der Waals surface area (Å²) < 4.78 is 14.2. The Kier molecular flexibility index (Phi) is 6.18. The van der Waals surface area contributed by atoms with Gasteiger partial charge in [-0.3, -0.25) is 4.99 Å². The van der Waals surface area contributed by atoms with Gasteiger partial charge in [-0.1, -0.05) is 18.2 Å². The van der Waals surface area contributed by atoms with Gasteiger partial charge in [0, 0.05) is 57.9 Å². The number of nitrogens with one attached hydrogen (secondary N) is 2. The SMILES string of the molecule is CN=C(NCc1ccnc(N2CCN(C)CC2)c1)NCC1(c2ccccc2F)CC1. The first-order chi connectivity index (χ1) is 14.6. The molecule has 1 aliphatic heterocycles. The number of benzene rings is 1. The standard InChI is InChI=1S/C23H31FN6/c1-25-22(28-17-23(8-9-23)19-5-3-4-6-20(19)24)27-16-18-7-10-26-21(15-18)30-13-11-29(2)12-14-30/h3-7,10,15H,8-9,11-14,16-17H2,1-2H3,(H2,25,27,28). The Balaban J connectivity index is 1.32. The zero-order chi connectivity index (χ0) is 21.0. The molecule has 1 aliphatic carbocycles. The minimum Gasteiger partial charge on any atom is -0.356 e. The fourth-order valence-electron chi connectivity index (χ4n) is 4.02. The predicted molar refractivity (Wildman–Crippen MR) is 119 cm³/mol. The van der Waals surface area contributed by atoms with Crippen molar-refractivity contribution in [2.45, 2.75) is 24.8 Å². The van der Waals surface area contributed by atoms with E-state index in [-0.39, 0.29) is 11.2 Å². The number of hydrogen-bond donors (Lipinski definition) is 2. The maximum absolute atomic E-state index is 14.2. The van der Waals surface area contributed by atoms with Crippen LogP contribution in [0.25, 0.3) is 0 Å². The van der Waals surface area contributed by atoms with E-state index >= 15 is 0 Å². The van der Waals surface area contributed by atoms with Crippen LogP contribution in [0.4, 0.5) is 10.2 Å². The van der Waals surface area contributed by atoms with Gasteiger partial charge in [0.15, 0.2) is 5.96 Å². The Labute approximate surface area is 178 Å². The van der Waals surface area contributed by atoms with Gasteiger partial charge in [-0.15, -0.1) is 0 Å². The van der Waals surface area contributed by atoms with Gasteiger partial charge in [0.1, 0.15) is 11.6 Å². The van der Waals surface area contributed by atoms with E-state index in [0.717, 1.165) is 61.9 Å². The number of anilines is 1. The van der Waals surface area contributed by atoms with Gasteiger partial charge in [-0.2, -0.15) is 0 Å².